The van der Waals surface area contributed by atoms with Gasteiger partial charge in [-0.2, -0.15) is 0 Å². The fraction of sp³-hybridized carbons (Fsp3) is 0.366. The van der Waals surface area contributed by atoms with E-state index in [4.69, 9.17) is 9.47 Å². The van der Waals surface area contributed by atoms with Crippen molar-refractivity contribution in [3.63, 3.8) is 0 Å². The average Bonchev–Trinajstić information content (AvgIpc) is 3.93. The minimum Gasteiger partial charge on any atom is -0.455 e. The third-order valence-electron chi connectivity index (χ3n) is 10.8. The van der Waals surface area contributed by atoms with Crippen LogP contribution in [0.3, 0.4) is 0 Å². The Bertz CT molecular complexity index is 2060. The number of aliphatic hydroxyl groups excluding tert-OH is 1. The first-order valence-corrected chi connectivity index (χ1v) is 19.2. The number of esters is 1. The number of hydrogen-bond acceptors (Lipinski definition) is 9. The van der Waals surface area contributed by atoms with Gasteiger partial charge in [-0.1, -0.05) is 106 Å². The van der Waals surface area contributed by atoms with Crippen LogP contribution in [0.25, 0.3) is 11.0 Å². The predicted molar refractivity (Wildman–Crippen MR) is 206 cm³/mol. The highest BCUT2D eigenvalue weighted by atomic mass is 79.9. The van der Waals surface area contributed by atoms with Gasteiger partial charge in [-0.3, -0.25) is 19.2 Å². The number of amides is 3. The van der Waals surface area contributed by atoms with Crippen LogP contribution in [0.2, 0.25) is 0 Å². The third-order valence-corrected chi connectivity index (χ3v) is 11.6. The van der Waals surface area contributed by atoms with Gasteiger partial charge in [0, 0.05) is 17.8 Å². The first-order valence-electron chi connectivity index (χ1n) is 18.3. The quantitative estimate of drug-likeness (QED) is 0.0960. The van der Waals surface area contributed by atoms with E-state index in [1.165, 1.54) is 9.80 Å². The van der Waals surface area contributed by atoms with Gasteiger partial charge in [0.25, 0.3) is 0 Å². The molecule has 2 N–H and O–H groups in total. The van der Waals surface area contributed by atoms with Gasteiger partial charge in [-0.05, 0) is 36.1 Å². The molecule has 3 aliphatic rings. The van der Waals surface area contributed by atoms with Crippen molar-refractivity contribution >= 4 is 50.7 Å². The lowest BCUT2D eigenvalue weighted by Crippen LogP contribution is -2.57. The molecule has 1 unspecified atom stereocenters. The first-order chi connectivity index (χ1) is 26.7. The monoisotopic (exact) mass is 810 g/mol. The molecule has 0 aliphatic carbocycles. The summed E-state index contributed by atoms with van der Waals surface area (Å²) in [5.41, 5.74) is 1.19. The molecule has 3 fully saturated rings. The molecule has 4 heterocycles. The molecule has 3 aromatic carbocycles. The number of benzene rings is 3. The van der Waals surface area contributed by atoms with Crippen molar-refractivity contribution in [3.05, 3.63) is 121 Å². The van der Waals surface area contributed by atoms with Crippen molar-refractivity contribution in [1.82, 2.24) is 30.1 Å². The minimum atomic E-state index is -1.45. The Morgan fingerprint density at radius 1 is 1.04 bits per heavy atom. The predicted octanol–water partition coefficient (Wildman–Crippen LogP) is 4.25. The Morgan fingerprint density at radius 2 is 1.73 bits per heavy atom. The second-order valence-corrected chi connectivity index (χ2v) is 15.2. The Kier molecular flexibility index (Phi) is 11.3. The molecule has 0 saturated carbocycles. The zero-order chi connectivity index (χ0) is 38.7. The van der Waals surface area contributed by atoms with Crippen molar-refractivity contribution in [2.75, 3.05) is 19.7 Å². The van der Waals surface area contributed by atoms with Crippen molar-refractivity contribution in [2.24, 2.45) is 11.8 Å². The van der Waals surface area contributed by atoms with Crippen molar-refractivity contribution in [1.29, 1.82) is 0 Å². The fourth-order valence-electron chi connectivity index (χ4n) is 8.35. The van der Waals surface area contributed by atoms with Gasteiger partial charge in [0.2, 0.25) is 17.7 Å². The van der Waals surface area contributed by atoms with Crippen LogP contribution in [0.15, 0.2) is 110 Å². The molecule has 3 amide bonds. The Morgan fingerprint density at radius 3 is 2.42 bits per heavy atom. The van der Waals surface area contributed by atoms with E-state index < -0.39 is 70.9 Å². The van der Waals surface area contributed by atoms with E-state index in [-0.39, 0.29) is 38.5 Å². The van der Waals surface area contributed by atoms with Crippen molar-refractivity contribution in [2.45, 2.75) is 60.7 Å². The lowest BCUT2D eigenvalue weighted by Gasteiger charge is -2.39. The van der Waals surface area contributed by atoms with Crippen LogP contribution in [-0.2, 0) is 35.3 Å². The first kappa shape index (κ1) is 38.1. The van der Waals surface area contributed by atoms with Gasteiger partial charge in [-0.25, -0.2) is 4.68 Å². The number of alkyl halides is 1. The highest BCUT2D eigenvalue weighted by Crippen LogP contribution is 2.61. The van der Waals surface area contributed by atoms with E-state index in [0.29, 0.717) is 28.6 Å². The van der Waals surface area contributed by atoms with E-state index in [0.717, 1.165) is 0 Å². The molecule has 3 aliphatic heterocycles. The van der Waals surface area contributed by atoms with Crippen LogP contribution in [0.5, 0.6) is 0 Å². The molecule has 55 heavy (non-hydrogen) atoms. The maximum absolute atomic E-state index is 15.2. The zero-order valence-electron chi connectivity index (χ0n) is 30.2. The number of fused-ring (bicyclic) bond motifs is 2. The fourth-order valence-corrected chi connectivity index (χ4v) is 9.30. The number of carbonyl (C=O) groups excluding carboxylic acids is 4. The van der Waals surface area contributed by atoms with Gasteiger partial charge in [-0.15, -0.1) is 18.3 Å². The normalized spacial score (nSPS) is 24.9. The molecule has 1 spiro atoms. The molecule has 0 radical (unpaired) electrons. The van der Waals surface area contributed by atoms with Crippen LogP contribution in [0.4, 0.5) is 0 Å². The van der Waals surface area contributed by atoms with Crippen LogP contribution >= 0.6 is 15.9 Å². The van der Waals surface area contributed by atoms with Gasteiger partial charge in [0.15, 0.2) is 0 Å². The number of para-hydroxylation sites is 1. The van der Waals surface area contributed by atoms with Crippen LogP contribution < -0.4 is 5.32 Å². The summed E-state index contributed by atoms with van der Waals surface area (Å²) in [5.74, 6) is -4.07. The van der Waals surface area contributed by atoms with Crippen molar-refractivity contribution in [3.8, 4) is 0 Å². The highest BCUT2D eigenvalue weighted by molar-refractivity contribution is 9.09. The van der Waals surface area contributed by atoms with Crippen LogP contribution in [0.1, 0.15) is 42.5 Å². The lowest BCUT2D eigenvalue weighted by atomic mass is 9.70. The maximum Gasteiger partial charge on any atom is 0.313 e. The molecular weight excluding hydrogens is 768 g/mol. The summed E-state index contributed by atoms with van der Waals surface area (Å²) >= 11 is 3.74. The average molecular weight is 812 g/mol. The second kappa shape index (κ2) is 16.3. The Labute approximate surface area is 327 Å². The number of nitrogens with one attached hydrogen (secondary N) is 1. The number of rotatable bonds is 16. The summed E-state index contributed by atoms with van der Waals surface area (Å²) in [4.78, 5) is 59.9. The number of likely N-dealkylation sites (tertiary alicyclic amines) is 1. The van der Waals surface area contributed by atoms with E-state index in [2.05, 4.69) is 44.7 Å². The Balaban J connectivity index is 1.26. The molecule has 2 bridgehead atoms. The summed E-state index contributed by atoms with van der Waals surface area (Å²) in [7, 11) is 0. The molecule has 1 aromatic heterocycles. The number of hydrogen-bond donors (Lipinski definition) is 2. The van der Waals surface area contributed by atoms with Gasteiger partial charge < -0.3 is 29.7 Å². The second-order valence-electron chi connectivity index (χ2n) is 14.1. The standard InChI is InChI=1S/C41H43BrN6O7/c1-3-5-20-33(50)43-23-32(27-16-10-7-11-17-27)54-40(53)34-35-38(51)48(31(24-49)26-14-8-6-9-15-26)37(41(35)22-28(42)36(34)55-41)39(52)46(21-4-2)25-47-30-19-13-12-18-29(30)44-45-47/h3-4,6-19,28,31-32,34-37,49H,1-2,5,20-25H2,(H,43,50)/t28?,31-,32-,34+,35-,36+,37+,41-/m1/s1. The zero-order valence-corrected chi connectivity index (χ0v) is 31.7. The largest absolute Gasteiger partial charge is 0.455 e. The van der Waals surface area contributed by atoms with Gasteiger partial charge in [0.1, 0.15) is 29.9 Å². The number of aliphatic hydroxyl groups is 1. The summed E-state index contributed by atoms with van der Waals surface area (Å²) in [6.07, 6.45) is 2.55. The molecule has 7 rings (SSSR count). The van der Waals surface area contributed by atoms with Crippen molar-refractivity contribution < 1.29 is 33.8 Å². The number of aromatic nitrogens is 3. The van der Waals surface area contributed by atoms with E-state index in [9.17, 15) is 14.7 Å². The Hall–Kier alpha value is -5.18. The molecule has 286 valence electrons. The highest BCUT2D eigenvalue weighted by Gasteiger charge is 2.77. The number of carbonyl (C=O) groups is 4. The molecular formula is C41H43BrN6O7. The number of halogens is 1. The third kappa shape index (κ3) is 7.09. The van der Waals surface area contributed by atoms with Crippen LogP contribution in [-0.4, -0.2) is 95.9 Å². The maximum atomic E-state index is 15.2. The smallest absolute Gasteiger partial charge is 0.313 e. The van der Waals surface area contributed by atoms with E-state index in [1.807, 2.05) is 48.5 Å². The van der Waals surface area contributed by atoms with Gasteiger partial charge in [0.05, 0.1) is 42.6 Å². The number of allylic oxidation sites excluding steroid dienone is 1. The molecule has 3 saturated heterocycles. The molecule has 13 nitrogen and oxygen atoms in total. The lowest BCUT2D eigenvalue weighted by molar-refractivity contribution is -0.161. The molecule has 4 aromatic rings. The van der Waals surface area contributed by atoms with Gasteiger partial charge >= 0.3 is 5.97 Å². The number of ether oxygens (including phenoxy) is 2. The molecule has 14 heteroatoms. The van der Waals surface area contributed by atoms with E-state index >= 15 is 9.59 Å². The topological polar surface area (TPSA) is 156 Å². The number of nitrogens with zero attached hydrogens (tertiary/aromatic N) is 5. The van der Waals surface area contributed by atoms with Crippen LogP contribution in [0, 0.1) is 11.8 Å². The summed E-state index contributed by atoms with van der Waals surface area (Å²) < 4.78 is 14.6. The summed E-state index contributed by atoms with van der Waals surface area (Å²) in [6, 6.07) is 23.3. The summed E-state index contributed by atoms with van der Waals surface area (Å²) in [6.45, 7) is 7.18. The summed E-state index contributed by atoms with van der Waals surface area (Å²) in [5, 5.41) is 22.3. The van der Waals surface area contributed by atoms with E-state index in [1.54, 1.807) is 53.2 Å². The minimum absolute atomic E-state index is 0.00673. The molecule has 8 atom stereocenters. The SMILES string of the molecule is C=CCCC(=O)NC[C@@H](OC(=O)[C@@H]1[C@H]2O[C@@]3(CC2Br)[C@H](C(=O)N(CC=C)Cn2nnc4ccccc42)N([C@H](CO)c2ccccc2)C(=O)[C@@H]13)c1ccccc1.